The Morgan fingerprint density at radius 2 is 2.35 bits per heavy atom. The first-order valence-electron chi connectivity index (χ1n) is 6.93. The zero-order valence-corrected chi connectivity index (χ0v) is 12.4. The number of carbonyl (C=O) groups excluding carboxylic acids is 1. The molecule has 1 fully saturated rings. The maximum Gasteiger partial charge on any atom is 0.274 e. The lowest BCUT2D eigenvalue weighted by Crippen LogP contribution is -2.44. The number of pyridine rings is 1. The first-order chi connectivity index (χ1) is 9.67. The van der Waals surface area contributed by atoms with E-state index in [0.717, 1.165) is 19.3 Å². The van der Waals surface area contributed by atoms with Crippen molar-refractivity contribution < 1.29 is 9.90 Å². The number of aromatic nitrogens is 1. The van der Waals surface area contributed by atoms with Crippen LogP contribution < -0.4 is 5.32 Å². The number of hydrogen-bond acceptors (Lipinski definition) is 4. The summed E-state index contributed by atoms with van der Waals surface area (Å²) in [5.74, 6) is 0.471. The summed E-state index contributed by atoms with van der Waals surface area (Å²) in [4.78, 5) is 18.7. The van der Waals surface area contributed by atoms with Gasteiger partial charge in [0, 0.05) is 26.2 Å². The van der Waals surface area contributed by atoms with Crippen LogP contribution in [0.5, 0.6) is 0 Å². The van der Waals surface area contributed by atoms with Gasteiger partial charge in [0.05, 0.1) is 5.02 Å². The normalized spacial score (nSPS) is 18.9. The van der Waals surface area contributed by atoms with Crippen LogP contribution in [0.15, 0.2) is 12.1 Å². The van der Waals surface area contributed by atoms with E-state index in [9.17, 15) is 4.79 Å². The van der Waals surface area contributed by atoms with Crippen molar-refractivity contribution in [3.05, 3.63) is 22.8 Å². The molecule has 0 radical (unpaired) electrons. The summed E-state index contributed by atoms with van der Waals surface area (Å²) in [6.45, 7) is 0.789. The SMILES string of the molecule is CNc1ccc(Cl)c(C(=O)N2CCCCC2CCO)n1. The number of amides is 1. The van der Waals surface area contributed by atoms with Gasteiger partial charge in [0.2, 0.25) is 0 Å². The molecular formula is C14H20ClN3O2. The zero-order valence-electron chi connectivity index (χ0n) is 11.6. The molecule has 0 bridgehead atoms. The molecule has 110 valence electrons. The molecule has 0 spiro atoms. The van der Waals surface area contributed by atoms with Crippen LogP contribution in [0.1, 0.15) is 36.2 Å². The lowest BCUT2D eigenvalue weighted by Gasteiger charge is -2.35. The fourth-order valence-corrected chi connectivity index (χ4v) is 2.77. The second kappa shape index (κ2) is 6.90. The fraction of sp³-hybridized carbons (Fsp3) is 0.571. The first kappa shape index (κ1) is 15.1. The predicted molar refractivity (Wildman–Crippen MR) is 79.2 cm³/mol. The van der Waals surface area contributed by atoms with E-state index >= 15 is 0 Å². The van der Waals surface area contributed by atoms with Crippen molar-refractivity contribution in [2.24, 2.45) is 0 Å². The van der Waals surface area contributed by atoms with Crippen LogP contribution in [0, 0.1) is 0 Å². The van der Waals surface area contributed by atoms with Crippen molar-refractivity contribution in [2.75, 3.05) is 25.5 Å². The van der Waals surface area contributed by atoms with Gasteiger partial charge in [0.25, 0.3) is 5.91 Å². The number of nitrogens with zero attached hydrogens (tertiary/aromatic N) is 2. The van der Waals surface area contributed by atoms with Gasteiger partial charge >= 0.3 is 0 Å². The number of anilines is 1. The van der Waals surface area contributed by atoms with Crippen LogP contribution in [0.3, 0.4) is 0 Å². The molecule has 1 unspecified atom stereocenters. The molecule has 0 aliphatic carbocycles. The fourth-order valence-electron chi connectivity index (χ4n) is 2.58. The monoisotopic (exact) mass is 297 g/mol. The standard InChI is InChI=1S/C14H20ClN3O2/c1-16-12-6-5-11(15)13(17-12)14(20)18-8-3-2-4-10(18)7-9-19/h5-6,10,19H,2-4,7-9H2,1H3,(H,16,17). The van der Waals surface area contributed by atoms with E-state index in [4.69, 9.17) is 16.7 Å². The number of aliphatic hydroxyl groups excluding tert-OH is 1. The minimum absolute atomic E-state index is 0.0809. The summed E-state index contributed by atoms with van der Waals surface area (Å²) in [7, 11) is 1.75. The van der Waals surface area contributed by atoms with Gasteiger partial charge in [0.1, 0.15) is 11.5 Å². The lowest BCUT2D eigenvalue weighted by molar-refractivity contribution is 0.0569. The van der Waals surface area contributed by atoms with E-state index in [2.05, 4.69) is 10.3 Å². The number of aliphatic hydroxyl groups is 1. The third-order valence-electron chi connectivity index (χ3n) is 3.66. The van der Waals surface area contributed by atoms with Gasteiger partial charge in [-0.3, -0.25) is 4.79 Å². The number of nitrogens with one attached hydrogen (secondary N) is 1. The van der Waals surface area contributed by atoms with E-state index in [1.807, 2.05) is 0 Å². The minimum atomic E-state index is -0.148. The molecule has 1 aliphatic heterocycles. The Morgan fingerprint density at radius 1 is 1.55 bits per heavy atom. The van der Waals surface area contributed by atoms with E-state index in [-0.39, 0.29) is 24.2 Å². The summed E-state index contributed by atoms with van der Waals surface area (Å²) in [6, 6.07) is 3.50. The summed E-state index contributed by atoms with van der Waals surface area (Å²) >= 11 is 6.10. The molecule has 1 atom stereocenters. The van der Waals surface area contributed by atoms with E-state index in [1.165, 1.54) is 0 Å². The molecular weight excluding hydrogens is 278 g/mol. The highest BCUT2D eigenvalue weighted by atomic mass is 35.5. The van der Waals surface area contributed by atoms with Crippen LogP contribution in [-0.4, -0.2) is 47.1 Å². The van der Waals surface area contributed by atoms with Crippen LogP contribution in [0.2, 0.25) is 5.02 Å². The minimum Gasteiger partial charge on any atom is -0.396 e. The Morgan fingerprint density at radius 3 is 3.05 bits per heavy atom. The number of piperidine rings is 1. The third kappa shape index (κ3) is 3.22. The number of carbonyl (C=O) groups is 1. The van der Waals surface area contributed by atoms with Crippen molar-refractivity contribution >= 4 is 23.3 Å². The maximum atomic E-state index is 12.6. The average molecular weight is 298 g/mol. The van der Waals surface area contributed by atoms with Crippen molar-refractivity contribution in [3.63, 3.8) is 0 Å². The van der Waals surface area contributed by atoms with Gasteiger partial charge in [-0.15, -0.1) is 0 Å². The van der Waals surface area contributed by atoms with Crippen LogP contribution in [0.4, 0.5) is 5.82 Å². The molecule has 0 aromatic carbocycles. The third-order valence-corrected chi connectivity index (χ3v) is 3.96. The van der Waals surface area contributed by atoms with Crippen molar-refractivity contribution in [1.29, 1.82) is 0 Å². The Balaban J connectivity index is 2.24. The number of halogens is 1. The molecule has 1 aromatic rings. The molecule has 1 amide bonds. The Bertz CT molecular complexity index is 479. The van der Waals surface area contributed by atoms with Gasteiger partial charge in [0.15, 0.2) is 0 Å². The van der Waals surface area contributed by atoms with Gasteiger partial charge in [-0.25, -0.2) is 4.98 Å². The molecule has 1 aromatic heterocycles. The summed E-state index contributed by atoms with van der Waals surface area (Å²) in [5.41, 5.74) is 0.281. The van der Waals surface area contributed by atoms with Crippen molar-refractivity contribution in [3.8, 4) is 0 Å². The summed E-state index contributed by atoms with van der Waals surface area (Å²) < 4.78 is 0. The smallest absolute Gasteiger partial charge is 0.274 e. The largest absolute Gasteiger partial charge is 0.396 e. The lowest BCUT2D eigenvalue weighted by atomic mass is 9.99. The van der Waals surface area contributed by atoms with Gasteiger partial charge in [-0.1, -0.05) is 11.6 Å². The topological polar surface area (TPSA) is 65.5 Å². The number of hydrogen-bond donors (Lipinski definition) is 2. The van der Waals surface area contributed by atoms with Crippen LogP contribution >= 0.6 is 11.6 Å². The van der Waals surface area contributed by atoms with Gasteiger partial charge in [-0.05, 0) is 37.8 Å². The highest BCUT2D eigenvalue weighted by Crippen LogP contribution is 2.24. The van der Waals surface area contributed by atoms with Crippen molar-refractivity contribution in [1.82, 2.24) is 9.88 Å². The molecule has 0 saturated carbocycles. The number of rotatable bonds is 4. The second-order valence-electron chi connectivity index (χ2n) is 4.94. The molecule has 2 N–H and O–H groups in total. The van der Waals surface area contributed by atoms with Gasteiger partial charge in [-0.2, -0.15) is 0 Å². The summed E-state index contributed by atoms with van der Waals surface area (Å²) in [5, 5.41) is 12.4. The van der Waals surface area contributed by atoms with Crippen LogP contribution in [-0.2, 0) is 0 Å². The highest BCUT2D eigenvalue weighted by molar-refractivity contribution is 6.33. The van der Waals surface area contributed by atoms with E-state index in [0.29, 0.717) is 23.8 Å². The Kier molecular flexibility index (Phi) is 5.20. The highest BCUT2D eigenvalue weighted by Gasteiger charge is 2.29. The molecule has 1 aliphatic rings. The molecule has 2 heterocycles. The molecule has 2 rings (SSSR count). The molecule has 6 heteroatoms. The van der Waals surface area contributed by atoms with Gasteiger partial charge < -0.3 is 15.3 Å². The first-order valence-corrected chi connectivity index (χ1v) is 7.31. The molecule has 5 nitrogen and oxygen atoms in total. The zero-order chi connectivity index (χ0) is 14.5. The molecule has 20 heavy (non-hydrogen) atoms. The second-order valence-corrected chi connectivity index (χ2v) is 5.34. The Hall–Kier alpha value is -1.33. The molecule has 1 saturated heterocycles. The Labute approximate surface area is 123 Å². The average Bonchev–Trinajstić information content (AvgIpc) is 2.48. The quantitative estimate of drug-likeness (QED) is 0.894. The van der Waals surface area contributed by atoms with Crippen molar-refractivity contribution in [2.45, 2.75) is 31.7 Å². The predicted octanol–water partition coefficient (Wildman–Crippen LogP) is 2.15. The van der Waals surface area contributed by atoms with Crippen LogP contribution in [0.25, 0.3) is 0 Å². The maximum absolute atomic E-state index is 12.6. The van der Waals surface area contributed by atoms with E-state index < -0.39 is 0 Å². The number of likely N-dealkylation sites (tertiary alicyclic amines) is 1. The summed E-state index contributed by atoms with van der Waals surface area (Å²) in [6.07, 6.45) is 3.61. The van der Waals surface area contributed by atoms with E-state index in [1.54, 1.807) is 24.1 Å².